The Balaban J connectivity index is 2.09. The molecule has 6 nitrogen and oxygen atoms in total. The Hall–Kier alpha value is -1.28. The van der Waals surface area contributed by atoms with Gasteiger partial charge in [-0.2, -0.15) is 0 Å². The number of aliphatic carboxylic acids is 1. The van der Waals surface area contributed by atoms with Crippen molar-refractivity contribution >= 4 is 33.2 Å². The van der Waals surface area contributed by atoms with E-state index < -0.39 is 11.5 Å². The van der Waals surface area contributed by atoms with E-state index in [1.165, 1.54) is 16.0 Å². The molecule has 0 saturated heterocycles. The number of rotatable bonds is 3. The minimum Gasteiger partial charge on any atom is -0.479 e. The lowest BCUT2D eigenvalue weighted by molar-refractivity contribution is -0.153. The first-order chi connectivity index (χ1) is 8.63. The summed E-state index contributed by atoms with van der Waals surface area (Å²) < 4.78 is 2.42. The fraction of sp³-hybridized carbons (Fsp3) is 0.400. The van der Waals surface area contributed by atoms with Crippen molar-refractivity contribution < 1.29 is 9.90 Å². The first-order valence-electron chi connectivity index (χ1n) is 5.41. The van der Waals surface area contributed by atoms with Gasteiger partial charge in [0.25, 0.3) is 0 Å². The first kappa shape index (κ1) is 11.8. The summed E-state index contributed by atoms with van der Waals surface area (Å²) in [5.74, 6) is -0.342. The molecular formula is C10H9BrN4O2S. The molecule has 0 aliphatic heterocycles. The summed E-state index contributed by atoms with van der Waals surface area (Å²) in [6.45, 7) is 0. The molecule has 18 heavy (non-hydrogen) atoms. The van der Waals surface area contributed by atoms with Crippen LogP contribution in [0.1, 0.15) is 19.3 Å². The van der Waals surface area contributed by atoms with Gasteiger partial charge < -0.3 is 5.11 Å². The molecule has 0 spiro atoms. The van der Waals surface area contributed by atoms with Gasteiger partial charge in [0.1, 0.15) is 0 Å². The summed E-state index contributed by atoms with van der Waals surface area (Å²) in [5, 5.41) is 20.9. The quantitative estimate of drug-likeness (QED) is 0.933. The van der Waals surface area contributed by atoms with E-state index in [9.17, 15) is 9.90 Å². The number of nitrogens with zero attached hydrogens (tertiary/aromatic N) is 4. The monoisotopic (exact) mass is 328 g/mol. The zero-order chi connectivity index (χ0) is 12.8. The third kappa shape index (κ3) is 1.59. The fourth-order valence-corrected chi connectivity index (χ4v) is 3.45. The normalized spacial score (nSPS) is 17.4. The predicted molar refractivity (Wildman–Crippen MR) is 68.3 cm³/mol. The van der Waals surface area contributed by atoms with Gasteiger partial charge in [-0.15, -0.1) is 16.4 Å². The fourth-order valence-electron chi connectivity index (χ4n) is 2.09. The second-order valence-corrected chi connectivity index (χ2v) is 6.67. The minimum atomic E-state index is -0.963. The van der Waals surface area contributed by atoms with Crippen LogP contribution in [0.5, 0.6) is 0 Å². The molecule has 0 bridgehead atoms. The summed E-state index contributed by atoms with van der Waals surface area (Å²) in [6, 6.07) is 3.78. The van der Waals surface area contributed by atoms with Crippen LogP contribution in [0.4, 0.5) is 0 Å². The van der Waals surface area contributed by atoms with Gasteiger partial charge in [-0.05, 0) is 57.8 Å². The van der Waals surface area contributed by atoms with Crippen LogP contribution >= 0.6 is 27.3 Å². The molecule has 2 aromatic rings. The average Bonchev–Trinajstić information content (AvgIpc) is 2.84. The van der Waals surface area contributed by atoms with Crippen LogP contribution in [-0.4, -0.2) is 31.3 Å². The summed E-state index contributed by atoms with van der Waals surface area (Å²) in [4.78, 5) is 12.3. The highest BCUT2D eigenvalue weighted by atomic mass is 79.9. The highest BCUT2D eigenvalue weighted by Gasteiger charge is 2.49. The second kappa shape index (κ2) is 4.13. The Morgan fingerprint density at radius 2 is 2.28 bits per heavy atom. The van der Waals surface area contributed by atoms with Crippen LogP contribution in [0.2, 0.25) is 0 Å². The zero-order valence-corrected chi connectivity index (χ0v) is 11.6. The number of carbonyl (C=O) groups is 1. The summed E-state index contributed by atoms with van der Waals surface area (Å²) in [7, 11) is 0. The third-order valence-electron chi connectivity index (χ3n) is 3.25. The molecule has 1 aliphatic rings. The molecule has 2 heterocycles. The Labute approximate surface area is 115 Å². The number of tetrazole rings is 1. The van der Waals surface area contributed by atoms with Gasteiger partial charge in [-0.1, -0.05) is 0 Å². The second-order valence-electron chi connectivity index (χ2n) is 4.21. The van der Waals surface area contributed by atoms with Gasteiger partial charge in [0, 0.05) is 0 Å². The number of carboxylic acid groups (broad SMARTS) is 1. The molecule has 1 N–H and O–H groups in total. The van der Waals surface area contributed by atoms with E-state index in [4.69, 9.17) is 0 Å². The Morgan fingerprint density at radius 3 is 2.78 bits per heavy atom. The van der Waals surface area contributed by atoms with Gasteiger partial charge in [-0.25, -0.2) is 9.48 Å². The van der Waals surface area contributed by atoms with Crippen LogP contribution in [0.15, 0.2) is 15.9 Å². The first-order valence-corrected chi connectivity index (χ1v) is 7.02. The van der Waals surface area contributed by atoms with Crippen molar-refractivity contribution in [1.82, 2.24) is 20.2 Å². The summed E-state index contributed by atoms with van der Waals surface area (Å²) in [5.41, 5.74) is -0.963. The Kier molecular flexibility index (Phi) is 2.70. The van der Waals surface area contributed by atoms with Crippen LogP contribution in [-0.2, 0) is 10.3 Å². The highest BCUT2D eigenvalue weighted by Crippen LogP contribution is 2.42. The molecule has 3 rings (SSSR count). The molecule has 0 unspecified atom stereocenters. The van der Waals surface area contributed by atoms with Crippen molar-refractivity contribution in [3.05, 3.63) is 15.9 Å². The van der Waals surface area contributed by atoms with Crippen LogP contribution in [0.3, 0.4) is 0 Å². The smallest absolute Gasteiger partial charge is 0.331 e. The SMILES string of the molecule is O=C(O)C1(n2nnnc2-c2ccc(Br)s2)CCC1. The van der Waals surface area contributed by atoms with E-state index in [1.807, 2.05) is 12.1 Å². The van der Waals surface area contributed by atoms with Crippen molar-refractivity contribution in [1.29, 1.82) is 0 Å². The van der Waals surface area contributed by atoms with Crippen LogP contribution < -0.4 is 0 Å². The lowest BCUT2D eigenvalue weighted by Gasteiger charge is -2.37. The highest BCUT2D eigenvalue weighted by molar-refractivity contribution is 9.11. The number of carboxylic acids is 1. The van der Waals surface area contributed by atoms with E-state index in [1.54, 1.807) is 0 Å². The van der Waals surface area contributed by atoms with Crippen molar-refractivity contribution in [3.8, 4) is 10.7 Å². The van der Waals surface area contributed by atoms with Crippen molar-refractivity contribution in [2.75, 3.05) is 0 Å². The van der Waals surface area contributed by atoms with Gasteiger partial charge in [0.15, 0.2) is 11.4 Å². The molecule has 94 valence electrons. The zero-order valence-electron chi connectivity index (χ0n) is 9.21. The maximum absolute atomic E-state index is 11.5. The van der Waals surface area contributed by atoms with Gasteiger partial charge in [0.05, 0.1) is 8.66 Å². The molecule has 2 aromatic heterocycles. The molecule has 0 amide bonds. The molecular weight excluding hydrogens is 320 g/mol. The van der Waals surface area contributed by atoms with Crippen molar-refractivity contribution in [2.45, 2.75) is 24.8 Å². The number of halogens is 1. The standard InChI is InChI=1S/C10H9BrN4O2S/c11-7-3-2-6(18-7)8-12-13-14-15(8)10(9(16)17)4-1-5-10/h2-3H,1,4-5H2,(H,16,17). The summed E-state index contributed by atoms with van der Waals surface area (Å²) >= 11 is 4.86. The lowest BCUT2D eigenvalue weighted by atomic mass is 9.77. The van der Waals surface area contributed by atoms with E-state index >= 15 is 0 Å². The molecule has 1 fully saturated rings. The molecule has 0 radical (unpaired) electrons. The van der Waals surface area contributed by atoms with Crippen LogP contribution in [0.25, 0.3) is 10.7 Å². The lowest BCUT2D eigenvalue weighted by Crippen LogP contribution is -2.48. The van der Waals surface area contributed by atoms with Crippen LogP contribution in [0, 0.1) is 0 Å². The number of hydrogen-bond donors (Lipinski definition) is 1. The molecule has 0 atom stereocenters. The van der Waals surface area contributed by atoms with Gasteiger partial charge in [-0.3, -0.25) is 0 Å². The van der Waals surface area contributed by atoms with Crippen molar-refractivity contribution in [2.24, 2.45) is 0 Å². The summed E-state index contributed by atoms with van der Waals surface area (Å²) in [6.07, 6.45) is 2.04. The third-order valence-corrected chi connectivity index (χ3v) is 4.87. The van der Waals surface area contributed by atoms with Gasteiger partial charge in [0.2, 0.25) is 0 Å². The Morgan fingerprint density at radius 1 is 1.50 bits per heavy atom. The molecule has 8 heteroatoms. The maximum atomic E-state index is 11.5. The van der Waals surface area contributed by atoms with Crippen molar-refractivity contribution in [3.63, 3.8) is 0 Å². The molecule has 1 saturated carbocycles. The minimum absolute atomic E-state index is 0.521. The number of thiophene rings is 1. The number of hydrogen-bond acceptors (Lipinski definition) is 5. The number of aromatic nitrogens is 4. The molecule has 1 aliphatic carbocycles. The maximum Gasteiger partial charge on any atom is 0.331 e. The van der Waals surface area contributed by atoms with E-state index in [-0.39, 0.29) is 0 Å². The van der Waals surface area contributed by atoms with Gasteiger partial charge >= 0.3 is 5.97 Å². The predicted octanol–water partition coefficient (Wildman–Crippen LogP) is 2.13. The van der Waals surface area contributed by atoms with E-state index in [0.717, 1.165) is 15.1 Å². The van der Waals surface area contributed by atoms with E-state index in [0.29, 0.717) is 18.7 Å². The molecule has 0 aromatic carbocycles. The largest absolute Gasteiger partial charge is 0.479 e. The average molecular weight is 329 g/mol. The Bertz CT molecular complexity index is 605. The van der Waals surface area contributed by atoms with E-state index in [2.05, 4.69) is 31.5 Å². The topological polar surface area (TPSA) is 80.9 Å².